The molecule has 0 fully saturated rings. The van der Waals surface area contributed by atoms with Crippen molar-refractivity contribution in [3.8, 4) is 0 Å². The lowest BCUT2D eigenvalue weighted by Gasteiger charge is -2.14. The molecule has 0 spiro atoms. The fourth-order valence-corrected chi connectivity index (χ4v) is 1.91. The molecule has 78 valence electrons. The van der Waals surface area contributed by atoms with Crippen LogP contribution in [0.5, 0.6) is 0 Å². The number of hydrogen-bond acceptors (Lipinski definition) is 3. The van der Waals surface area contributed by atoms with Crippen molar-refractivity contribution in [3.63, 3.8) is 0 Å². The molecule has 0 saturated heterocycles. The second-order valence-electron chi connectivity index (χ2n) is 3.04. The minimum atomic E-state index is 0.396. The van der Waals surface area contributed by atoms with E-state index < -0.39 is 0 Å². The fourth-order valence-electron chi connectivity index (χ4n) is 1.06. The van der Waals surface area contributed by atoms with Crippen molar-refractivity contribution in [2.75, 3.05) is 16.8 Å². The predicted octanol–water partition coefficient (Wildman–Crippen LogP) is 3.29. The van der Waals surface area contributed by atoms with Crippen molar-refractivity contribution in [1.29, 1.82) is 0 Å². The standard InChI is InChI=1S/C10H15ClN2S/c1-3-14-7-8(2)13-10-9(11)5-4-6-12-10/h4-6,8H,3,7H2,1-2H3,(H,12,13). The lowest BCUT2D eigenvalue weighted by molar-refractivity contribution is 0.902. The molecule has 0 aromatic carbocycles. The zero-order valence-electron chi connectivity index (χ0n) is 8.46. The van der Waals surface area contributed by atoms with Gasteiger partial charge in [0, 0.05) is 18.0 Å². The van der Waals surface area contributed by atoms with Crippen molar-refractivity contribution >= 4 is 29.2 Å². The molecule has 0 aliphatic carbocycles. The van der Waals surface area contributed by atoms with Gasteiger partial charge in [-0.25, -0.2) is 4.98 Å². The minimum absolute atomic E-state index is 0.396. The van der Waals surface area contributed by atoms with Gasteiger partial charge < -0.3 is 5.32 Å². The second-order valence-corrected chi connectivity index (χ2v) is 4.76. The Kier molecular flexibility index (Phi) is 5.12. The van der Waals surface area contributed by atoms with Crippen LogP contribution >= 0.6 is 23.4 Å². The Morgan fingerprint density at radius 2 is 2.43 bits per heavy atom. The van der Waals surface area contributed by atoms with E-state index in [1.54, 1.807) is 6.20 Å². The third kappa shape index (κ3) is 3.76. The number of nitrogens with one attached hydrogen (secondary N) is 1. The summed E-state index contributed by atoms with van der Waals surface area (Å²) in [7, 11) is 0. The average molecular weight is 231 g/mol. The van der Waals surface area contributed by atoms with Gasteiger partial charge in [0.15, 0.2) is 0 Å². The van der Waals surface area contributed by atoms with Gasteiger partial charge >= 0.3 is 0 Å². The molecule has 0 amide bonds. The van der Waals surface area contributed by atoms with E-state index in [2.05, 4.69) is 24.1 Å². The highest BCUT2D eigenvalue weighted by atomic mass is 35.5. The van der Waals surface area contributed by atoms with E-state index in [4.69, 9.17) is 11.6 Å². The highest BCUT2D eigenvalue weighted by Crippen LogP contribution is 2.18. The van der Waals surface area contributed by atoms with E-state index in [1.165, 1.54) is 0 Å². The molecule has 2 nitrogen and oxygen atoms in total. The number of rotatable bonds is 5. The van der Waals surface area contributed by atoms with Crippen molar-refractivity contribution < 1.29 is 0 Å². The van der Waals surface area contributed by atoms with E-state index >= 15 is 0 Å². The summed E-state index contributed by atoms with van der Waals surface area (Å²) < 4.78 is 0. The maximum Gasteiger partial charge on any atom is 0.144 e. The van der Waals surface area contributed by atoms with Crippen LogP contribution in [0.15, 0.2) is 18.3 Å². The van der Waals surface area contributed by atoms with Gasteiger partial charge in [-0.15, -0.1) is 0 Å². The Bertz CT molecular complexity index is 281. The first-order chi connectivity index (χ1) is 6.74. The number of thioether (sulfide) groups is 1. The minimum Gasteiger partial charge on any atom is -0.366 e. The van der Waals surface area contributed by atoms with Gasteiger partial charge in [0.1, 0.15) is 5.82 Å². The van der Waals surface area contributed by atoms with Crippen molar-refractivity contribution in [2.45, 2.75) is 19.9 Å². The molecule has 1 atom stereocenters. The summed E-state index contributed by atoms with van der Waals surface area (Å²) in [6, 6.07) is 4.07. The molecule has 14 heavy (non-hydrogen) atoms. The first kappa shape index (κ1) is 11.7. The molecule has 0 saturated carbocycles. The SMILES string of the molecule is CCSCC(C)Nc1ncccc1Cl. The highest BCUT2D eigenvalue weighted by Gasteiger charge is 2.04. The number of halogens is 1. The molecular weight excluding hydrogens is 216 g/mol. The van der Waals surface area contributed by atoms with Crippen LogP contribution in [0, 0.1) is 0 Å². The monoisotopic (exact) mass is 230 g/mol. The summed E-state index contributed by atoms with van der Waals surface area (Å²) in [5, 5.41) is 3.96. The number of nitrogens with zero attached hydrogens (tertiary/aromatic N) is 1. The van der Waals surface area contributed by atoms with E-state index in [-0.39, 0.29) is 0 Å². The van der Waals surface area contributed by atoms with Crippen LogP contribution in [0.25, 0.3) is 0 Å². The average Bonchev–Trinajstić information content (AvgIpc) is 2.18. The lowest BCUT2D eigenvalue weighted by Crippen LogP contribution is -2.19. The topological polar surface area (TPSA) is 24.9 Å². The van der Waals surface area contributed by atoms with Gasteiger partial charge in [0.2, 0.25) is 0 Å². The molecule has 0 aliphatic heterocycles. The highest BCUT2D eigenvalue weighted by molar-refractivity contribution is 7.99. The largest absolute Gasteiger partial charge is 0.366 e. The normalized spacial score (nSPS) is 12.5. The molecule has 1 N–H and O–H groups in total. The molecule has 1 aromatic rings. The quantitative estimate of drug-likeness (QED) is 0.841. The summed E-state index contributed by atoms with van der Waals surface area (Å²) in [6.45, 7) is 4.29. The van der Waals surface area contributed by atoms with Gasteiger partial charge in [-0.2, -0.15) is 11.8 Å². The molecule has 0 aliphatic rings. The van der Waals surface area contributed by atoms with E-state index in [0.29, 0.717) is 11.1 Å². The van der Waals surface area contributed by atoms with Crippen molar-refractivity contribution in [2.24, 2.45) is 0 Å². The van der Waals surface area contributed by atoms with Gasteiger partial charge in [0.05, 0.1) is 5.02 Å². The van der Waals surface area contributed by atoms with Crippen molar-refractivity contribution in [3.05, 3.63) is 23.4 Å². The zero-order valence-corrected chi connectivity index (χ0v) is 10.0. The molecule has 1 heterocycles. The molecule has 1 unspecified atom stereocenters. The van der Waals surface area contributed by atoms with E-state index in [9.17, 15) is 0 Å². The molecule has 0 bridgehead atoms. The van der Waals surface area contributed by atoms with Crippen molar-refractivity contribution in [1.82, 2.24) is 4.98 Å². The Hall–Kier alpha value is -0.410. The zero-order chi connectivity index (χ0) is 10.4. The maximum atomic E-state index is 5.97. The van der Waals surface area contributed by atoms with Crippen LogP contribution in [-0.2, 0) is 0 Å². The van der Waals surface area contributed by atoms with Crippen LogP contribution in [0.4, 0.5) is 5.82 Å². The van der Waals surface area contributed by atoms with Crippen LogP contribution < -0.4 is 5.32 Å². The molecule has 4 heteroatoms. The Labute approximate surface area is 94.5 Å². The summed E-state index contributed by atoms with van der Waals surface area (Å²) in [5.74, 6) is 2.99. The summed E-state index contributed by atoms with van der Waals surface area (Å²) in [4.78, 5) is 4.17. The second kappa shape index (κ2) is 6.14. The number of pyridine rings is 1. The lowest BCUT2D eigenvalue weighted by atomic mass is 10.3. The third-order valence-electron chi connectivity index (χ3n) is 1.71. The third-order valence-corrected chi connectivity index (χ3v) is 3.16. The van der Waals surface area contributed by atoms with Gasteiger partial charge in [-0.3, -0.25) is 0 Å². The van der Waals surface area contributed by atoms with Crippen LogP contribution in [0.1, 0.15) is 13.8 Å². The van der Waals surface area contributed by atoms with E-state index in [0.717, 1.165) is 17.3 Å². The van der Waals surface area contributed by atoms with Crippen LogP contribution in [0.3, 0.4) is 0 Å². The van der Waals surface area contributed by atoms with Gasteiger partial charge in [-0.05, 0) is 24.8 Å². The number of hydrogen-bond donors (Lipinski definition) is 1. The fraction of sp³-hybridized carbons (Fsp3) is 0.500. The smallest absolute Gasteiger partial charge is 0.144 e. The number of aromatic nitrogens is 1. The molecular formula is C10H15ClN2S. The van der Waals surface area contributed by atoms with Gasteiger partial charge in [-0.1, -0.05) is 18.5 Å². The summed E-state index contributed by atoms with van der Waals surface area (Å²) in [6.07, 6.45) is 1.74. The Balaban J connectivity index is 2.47. The van der Waals surface area contributed by atoms with E-state index in [1.807, 2.05) is 23.9 Å². The Morgan fingerprint density at radius 1 is 1.64 bits per heavy atom. The number of anilines is 1. The molecule has 1 rings (SSSR count). The first-order valence-electron chi connectivity index (χ1n) is 4.68. The first-order valence-corrected chi connectivity index (χ1v) is 6.22. The summed E-state index contributed by atoms with van der Waals surface area (Å²) in [5.41, 5.74) is 0. The summed E-state index contributed by atoms with van der Waals surface area (Å²) >= 11 is 7.88. The Morgan fingerprint density at radius 3 is 3.07 bits per heavy atom. The molecule has 0 radical (unpaired) electrons. The predicted molar refractivity (Wildman–Crippen MR) is 65.3 cm³/mol. The molecule has 1 aromatic heterocycles. The van der Waals surface area contributed by atoms with Crippen LogP contribution in [-0.4, -0.2) is 22.5 Å². The van der Waals surface area contributed by atoms with Gasteiger partial charge in [0.25, 0.3) is 0 Å². The maximum absolute atomic E-state index is 5.97. The van der Waals surface area contributed by atoms with Crippen LogP contribution in [0.2, 0.25) is 5.02 Å².